The van der Waals surface area contributed by atoms with Gasteiger partial charge in [-0.3, -0.25) is 4.79 Å². The number of carboxylic acid groups (broad SMARTS) is 1. The molecule has 1 aromatic carbocycles. The Kier molecular flexibility index (Phi) is 4.57. The molecule has 0 saturated carbocycles. The van der Waals surface area contributed by atoms with Gasteiger partial charge < -0.3 is 15.6 Å². The van der Waals surface area contributed by atoms with E-state index in [0.29, 0.717) is 0 Å². The van der Waals surface area contributed by atoms with Crippen molar-refractivity contribution < 1.29 is 28.2 Å². The number of carboxylic acids is 1. The minimum Gasteiger partial charge on any atom is -0.478 e. The summed E-state index contributed by atoms with van der Waals surface area (Å²) in [5.41, 5.74) is 4.92. The number of aliphatic carboxylic acids is 1. The Morgan fingerprint density at radius 1 is 1.37 bits per heavy atom. The zero-order valence-corrected chi connectivity index (χ0v) is 9.89. The molecular weight excluding hydrogens is 260 g/mol. The zero-order chi connectivity index (χ0) is 14.6. The number of halogens is 2. The van der Waals surface area contributed by atoms with Crippen LogP contribution in [0, 0.1) is 11.6 Å². The maximum Gasteiger partial charge on any atom is 0.328 e. The SMILES string of the molecule is CC(Oc1c(F)cc(C=CC(=O)O)cc1F)C(N)=O. The fourth-order valence-corrected chi connectivity index (χ4v) is 1.19. The van der Waals surface area contributed by atoms with E-state index < -0.39 is 35.4 Å². The molecule has 0 aliphatic heterocycles. The van der Waals surface area contributed by atoms with Crippen molar-refractivity contribution in [2.75, 3.05) is 0 Å². The fourth-order valence-electron chi connectivity index (χ4n) is 1.19. The molecule has 0 spiro atoms. The lowest BCUT2D eigenvalue weighted by molar-refractivity contribution is -0.131. The predicted octanol–water partition coefficient (Wildman–Crippen LogP) is 1.32. The topological polar surface area (TPSA) is 89.6 Å². The predicted molar refractivity (Wildman–Crippen MR) is 62.3 cm³/mol. The highest BCUT2D eigenvalue weighted by Crippen LogP contribution is 2.25. The first-order chi connectivity index (χ1) is 8.81. The molecule has 19 heavy (non-hydrogen) atoms. The van der Waals surface area contributed by atoms with Gasteiger partial charge in [0, 0.05) is 6.08 Å². The molecule has 1 aromatic rings. The third kappa shape index (κ3) is 4.06. The van der Waals surface area contributed by atoms with Crippen molar-refractivity contribution in [1.29, 1.82) is 0 Å². The van der Waals surface area contributed by atoms with Gasteiger partial charge >= 0.3 is 5.97 Å². The second kappa shape index (κ2) is 5.94. The summed E-state index contributed by atoms with van der Waals surface area (Å²) in [6, 6.07) is 1.76. The number of hydrogen-bond donors (Lipinski definition) is 2. The lowest BCUT2D eigenvalue weighted by Crippen LogP contribution is -2.31. The third-order valence-electron chi connectivity index (χ3n) is 2.13. The number of carbonyl (C=O) groups excluding carboxylic acids is 1. The van der Waals surface area contributed by atoms with Crippen LogP contribution < -0.4 is 10.5 Å². The van der Waals surface area contributed by atoms with Crippen LogP contribution in [0.15, 0.2) is 18.2 Å². The largest absolute Gasteiger partial charge is 0.478 e. The van der Waals surface area contributed by atoms with E-state index in [1.165, 1.54) is 6.92 Å². The number of primary amides is 1. The van der Waals surface area contributed by atoms with Crippen molar-refractivity contribution in [2.45, 2.75) is 13.0 Å². The van der Waals surface area contributed by atoms with E-state index >= 15 is 0 Å². The van der Waals surface area contributed by atoms with Crippen LogP contribution in [0.3, 0.4) is 0 Å². The highest BCUT2D eigenvalue weighted by atomic mass is 19.1. The van der Waals surface area contributed by atoms with Crippen molar-refractivity contribution in [3.05, 3.63) is 35.4 Å². The van der Waals surface area contributed by atoms with E-state index in [9.17, 15) is 18.4 Å². The van der Waals surface area contributed by atoms with Gasteiger partial charge in [-0.1, -0.05) is 0 Å². The van der Waals surface area contributed by atoms with Crippen LogP contribution in [0.2, 0.25) is 0 Å². The van der Waals surface area contributed by atoms with Gasteiger partial charge in [0.15, 0.2) is 23.5 Å². The molecule has 0 saturated heterocycles. The Morgan fingerprint density at radius 3 is 2.32 bits per heavy atom. The van der Waals surface area contributed by atoms with Crippen molar-refractivity contribution in [3.8, 4) is 5.75 Å². The third-order valence-corrected chi connectivity index (χ3v) is 2.13. The highest BCUT2D eigenvalue weighted by Gasteiger charge is 2.18. The first-order valence-corrected chi connectivity index (χ1v) is 5.17. The Labute approximate surface area is 107 Å². The van der Waals surface area contributed by atoms with Crippen LogP contribution in [0.25, 0.3) is 6.08 Å². The molecule has 0 aliphatic carbocycles. The van der Waals surface area contributed by atoms with Gasteiger partial charge in [-0.15, -0.1) is 0 Å². The maximum absolute atomic E-state index is 13.6. The molecule has 0 heterocycles. The van der Waals surface area contributed by atoms with Gasteiger partial charge in [-0.05, 0) is 30.7 Å². The van der Waals surface area contributed by atoms with Gasteiger partial charge in [0.2, 0.25) is 0 Å². The van der Waals surface area contributed by atoms with Crippen molar-refractivity contribution >= 4 is 18.0 Å². The number of nitrogens with two attached hydrogens (primary N) is 1. The molecule has 3 N–H and O–H groups in total. The van der Waals surface area contributed by atoms with Crippen molar-refractivity contribution in [1.82, 2.24) is 0 Å². The molecule has 102 valence electrons. The Balaban J connectivity index is 3.04. The molecule has 7 heteroatoms. The number of carbonyl (C=O) groups is 2. The van der Waals surface area contributed by atoms with E-state index in [1.54, 1.807) is 0 Å². The lowest BCUT2D eigenvalue weighted by atomic mass is 10.2. The molecule has 0 bridgehead atoms. The van der Waals surface area contributed by atoms with E-state index in [2.05, 4.69) is 0 Å². The fraction of sp³-hybridized carbons (Fsp3) is 0.167. The normalized spacial score (nSPS) is 12.4. The van der Waals surface area contributed by atoms with Gasteiger partial charge in [0.1, 0.15) is 0 Å². The molecule has 0 radical (unpaired) electrons. The van der Waals surface area contributed by atoms with Crippen LogP contribution >= 0.6 is 0 Å². The van der Waals surface area contributed by atoms with E-state index in [4.69, 9.17) is 15.6 Å². The van der Waals surface area contributed by atoms with E-state index in [1.807, 2.05) is 0 Å². The minimum atomic E-state index is -1.25. The number of rotatable bonds is 5. The van der Waals surface area contributed by atoms with E-state index in [-0.39, 0.29) is 5.56 Å². The average Bonchev–Trinajstić information content (AvgIpc) is 2.30. The number of ether oxygens (including phenoxy) is 1. The maximum atomic E-state index is 13.6. The molecule has 0 fully saturated rings. The summed E-state index contributed by atoms with van der Waals surface area (Å²) < 4.78 is 31.9. The summed E-state index contributed by atoms with van der Waals surface area (Å²) in [4.78, 5) is 21.0. The molecule has 0 aromatic heterocycles. The average molecular weight is 271 g/mol. The first kappa shape index (κ1) is 14.6. The summed E-state index contributed by atoms with van der Waals surface area (Å²) in [5, 5.41) is 8.40. The summed E-state index contributed by atoms with van der Waals surface area (Å²) in [6.07, 6.45) is 0.570. The molecule has 5 nitrogen and oxygen atoms in total. The number of benzene rings is 1. The second-order valence-corrected chi connectivity index (χ2v) is 3.65. The standard InChI is InChI=1S/C12H11F2NO4/c1-6(12(15)18)19-11-8(13)4-7(5-9(11)14)2-3-10(16)17/h2-6H,1H3,(H2,15,18)(H,16,17). The lowest BCUT2D eigenvalue weighted by Gasteiger charge is -2.13. The van der Waals surface area contributed by atoms with Crippen molar-refractivity contribution in [2.24, 2.45) is 5.73 Å². The molecule has 1 unspecified atom stereocenters. The molecule has 1 amide bonds. The number of hydrogen-bond acceptors (Lipinski definition) is 3. The quantitative estimate of drug-likeness (QED) is 0.790. The number of amides is 1. The summed E-state index contributed by atoms with van der Waals surface area (Å²) >= 11 is 0. The Bertz CT molecular complexity index is 520. The van der Waals surface area contributed by atoms with Crippen LogP contribution in [0.4, 0.5) is 8.78 Å². The molecule has 1 atom stereocenters. The molecule has 0 aliphatic rings. The monoisotopic (exact) mass is 271 g/mol. The molecular formula is C12H11F2NO4. The summed E-state index contributed by atoms with van der Waals surface area (Å²) in [7, 11) is 0. The smallest absolute Gasteiger partial charge is 0.328 e. The van der Waals surface area contributed by atoms with Crippen molar-refractivity contribution in [3.63, 3.8) is 0 Å². The second-order valence-electron chi connectivity index (χ2n) is 3.65. The van der Waals surface area contributed by atoms with Gasteiger partial charge in [-0.25, -0.2) is 13.6 Å². The minimum absolute atomic E-state index is 0.0106. The van der Waals surface area contributed by atoms with Crippen LogP contribution in [0.5, 0.6) is 5.75 Å². The van der Waals surface area contributed by atoms with Gasteiger partial charge in [0.05, 0.1) is 0 Å². The van der Waals surface area contributed by atoms with Crippen LogP contribution in [-0.2, 0) is 9.59 Å². The van der Waals surface area contributed by atoms with Crippen LogP contribution in [0.1, 0.15) is 12.5 Å². The zero-order valence-electron chi connectivity index (χ0n) is 9.89. The summed E-state index contributed by atoms with van der Waals surface area (Å²) in [6.45, 7) is 1.25. The Morgan fingerprint density at radius 2 is 1.89 bits per heavy atom. The van der Waals surface area contributed by atoms with Gasteiger partial charge in [0.25, 0.3) is 5.91 Å². The first-order valence-electron chi connectivity index (χ1n) is 5.17. The van der Waals surface area contributed by atoms with Crippen LogP contribution in [-0.4, -0.2) is 23.1 Å². The van der Waals surface area contributed by atoms with Gasteiger partial charge in [-0.2, -0.15) is 0 Å². The van der Waals surface area contributed by atoms with E-state index in [0.717, 1.165) is 24.3 Å². The Hall–Kier alpha value is -2.44. The molecule has 1 rings (SSSR count). The summed E-state index contributed by atoms with van der Waals surface area (Å²) in [5.74, 6) is -4.97. The highest BCUT2D eigenvalue weighted by molar-refractivity contribution is 5.85.